The van der Waals surface area contributed by atoms with Crippen LogP contribution in [0.5, 0.6) is 17.4 Å². The van der Waals surface area contributed by atoms with E-state index in [1.165, 1.54) is 11.6 Å². The van der Waals surface area contributed by atoms with Gasteiger partial charge in [0.25, 0.3) is 0 Å². The van der Waals surface area contributed by atoms with Gasteiger partial charge >= 0.3 is 0 Å². The van der Waals surface area contributed by atoms with E-state index in [4.69, 9.17) is 14.5 Å². The molecule has 0 spiro atoms. The molecule has 0 fully saturated rings. The number of phenolic OH excluding ortho intramolecular Hbond substituents is 1. The molecular weight excluding hydrogens is 698 g/mol. The van der Waals surface area contributed by atoms with Crippen molar-refractivity contribution in [2.24, 2.45) is 4.99 Å². The van der Waals surface area contributed by atoms with Crippen LogP contribution in [-0.2, 0) is 31.2 Å². The summed E-state index contributed by atoms with van der Waals surface area (Å²) in [5.74, 6) is 0.780. The summed E-state index contributed by atoms with van der Waals surface area (Å²) >= 11 is 0. The van der Waals surface area contributed by atoms with Crippen LogP contribution in [0.25, 0.3) is 22.0 Å². The maximum Gasteiger partial charge on any atom is 0.217 e. The van der Waals surface area contributed by atoms with Crippen molar-refractivity contribution in [3.8, 4) is 28.5 Å². The number of hydrogen-bond acceptors (Lipinski definition) is 5. The number of rotatable bonds is 4. The van der Waals surface area contributed by atoms with Crippen molar-refractivity contribution in [1.82, 2.24) is 4.98 Å². The Morgan fingerprint density at radius 2 is 1.76 bits per heavy atom. The number of benzene rings is 4. The van der Waals surface area contributed by atoms with Gasteiger partial charge in [-0.05, 0) is 53.4 Å². The zero-order valence-electron chi connectivity index (χ0n) is 22.6. The van der Waals surface area contributed by atoms with Crippen LogP contribution in [0.15, 0.2) is 89.9 Å². The number of phenols is 1. The van der Waals surface area contributed by atoms with Gasteiger partial charge in [0, 0.05) is 43.7 Å². The van der Waals surface area contributed by atoms with E-state index >= 15 is 0 Å². The smallest absolute Gasteiger partial charge is 0.217 e. The van der Waals surface area contributed by atoms with E-state index in [1.807, 2.05) is 37.3 Å². The maximum absolute atomic E-state index is 14.9. The summed E-state index contributed by atoms with van der Waals surface area (Å²) in [6.07, 6.45) is -0.164. The number of aromatic nitrogens is 1. The Morgan fingerprint density at radius 1 is 0.976 bits per heavy atom. The van der Waals surface area contributed by atoms with Crippen LogP contribution in [0.1, 0.15) is 42.1 Å². The first-order chi connectivity index (χ1) is 19.3. The molecule has 7 rings (SSSR count). The fraction of sp³-hybridized carbons (Fsp3) is 0.176. The molecular formula is C34H26FN2O3Pt-. The molecule has 1 aromatic heterocycles. The standard InChI is InChI=1S/C34H26FN2O3.Pt/c1-19-14-20-12-13-29(36-30(20)28(38)15-19)39-23-17-21(24-8-5-7-11-27(24)35)16-22(18-23)33-37-31-25-9-4-6-10-26(25)34(2,3)32(31)40-33;/h4-17,31-32,38H,1-3H3;/q-1;/t31-,32-;/m0./s1. The fourth-order valence-electron chi connectivity index (χ4n) is 5.89. The van der Waals surface area contributed by atoms with Crippen molar-refractivity contribution in [2.45, 2.75) is 38.3 Å². The Labute approximate surface area is 252 Å². The SMILES string of the molecule is Cc1cc(O)c2nc(Oc3[c-]c(C4=N[C@H]5c6ccccc6C(C)(C)[C@H]5O4)cc(-c4ccccc4F)c3)ccc2c1.[Pt]. The van der Waals surface area contributed by atoms with Gasteiger partial charge in [-0.3, -0.25) is 4.99 Å². The number of hydrogen-bond donors (Lipinski definition) is 1. The number of aryl methyl sites for hydroxylation is 1. The molecule has 0 bridgehead atoms. The molecule has 0 saturated carbocycles. The van der Waals surface area contributed by atoms with Crippen LogP contribution < -0.4 is 4.74 Å². The van der Waals surface area contributed by atoms with E-state index in [-0.39, 0.29) is 56.1 Å². The third-order valence-corrected chi connectivity index (χ3v) is 7.83. The number of halogens is 1. The van der Waals surface area contributed by atoms with Gasteiger partial charge in [0.2, 0.25) is 5.88 Å². The largest absolute Gasteiger partial charge is 0.513 e. The summed E-state index contributed by atoms with van der Waals surface area (Å²) < 4.78 is 27.6. The van der Waals surface area contributed by atoms with E-state index in [0.717, 1.165) is 16.5 Å². The van der Waals surface area contributed by atoms with Crippen LogP contribution >= 0.6 is 0 Å². The minimum atomic E-state index is -0.351. The molecule has 0 unspecified atom stereocenters. The average Bonchev–Trinajstić information content (AvgIpc) is 3.47. The predicted molar refractivity (Wildman–Crippen MR) is 153 cm³/mol. The zero-order valence-corrected chi connectivity index (χ0v) is 24.9. The third-order valence-electron chi connectivity index (χ3n) is 7.83. The summed E-state index contributed by atoms with van der Waals surface area (Å²) in [6, 6.07) is 28.8. The van der Waals surface area contributed by atoms with Gasteiger partial charge in [0.1, 0.15) is 35.1 Å². The van der Waals surface area contributed by atoms with Crippen LogP contribution in [0, 0.1) is 18.8 Å². The van der Waals surface area contributed by atoms with Gasteiger partial charge in [-0.1, -0.05) is 79.6 Å². The molecule has 7 heteroatoms. The van der Waals surface area contributed by atoms with Crippen LogP contribution in [0.2, 0.25) is 0 Å². The second kappa shape index (κ2) is 10.1. The molecule has 2 aliphatic rings. The molecule has 41 heavy (non-hydrogen) atoms. The van der Waals surface area contributed by atoms with Gasteiger partial charge in [-0.15, -0.1) is 6.07 Å². The second-order valence-electron chi connectivity index (χ2n) is 11.0. The topological polar surface area (TPSA) is 63.9 Å². The molecule has 208 valence electrons. The molecule has 5 aromatic rings. The van der Waals surface area contributed by atoms with Crippen molar-refractivity contribution in [2.75, 3.05) is 0 Å². The average molecular weight is 725 g/mol. The molecule has 5 nitrogen and oxygen atoms in total. The summed E-state index contributed by atoms with van der Waals surface area (Å²) in [7, 11) is 0. The molecule has 0 amide bonds. The maximum atomic E-state index is 14.9. The second-order valence-corrected chi connectivity index (χ2v) is 11.0. The van der Waals surface area contributed by atoms with Gasteiger partial charge in [-0.25, -0.2) is 9.37 Å². The van der Waals surface area contributed by atoms with E-state index in [2.05, 4.69) is 37.0 Å². The molecule has 2 atom stereocenters. The van der Waals surface area contributed by atoms with Crippen molar-refractivity contribution in [3.05, 3.63) is 119 Å². The van der Waals surface area contributed by atoms with Crippen molar-refractivity contribution in [3.63, 3.8) is 0 Å². The number of pyridine rings is 1. The number of aromatic hydroxyl groups is 1. The predicted octanol–water partition coefficient (Wildman–Crippen LogP) is 7.82. The minimum Gasteiger partial charge on any atom is -0.513 e. The van der Waals surface area contributed by atoms with Gasteiger partial charge < -0.3 is 14.6 Å². The van der Waals surface area contributed by atoms with Crippen LogP contribution in [0.4, 0.5) is 4.39 Å². The van der Waals surface area contributed by atoms with Crippen molar-refractivity contribution in [1.29, 1.82) is 0 Å². The quantitative estimate of drug-likeness (QED) is 0.192. The summed E-state index contributed by atoms with van der Waals surface area (Å²) in [5.41, 5.74) is 5.12. The summed E-state index contributed by atoms with van der Waals surface area (Å²) in [4.78, 5) is 9.51. The first-order valence-corrected chi connectivity index (χ1v) is 13.2. The van der Waals surface area contributed by atoms with Gasteiger partial charge in [-0.2, -0.15) is 0 Å². The Hall–Kier alpha value is -4.02. The first kappa shape index (κ1) is 27.2. The Morgan fingerprint density at radius 3 is 2.59 bits per heavy atom. The fourth-order valence-corrected chi connectivity index (χ4v) is 5.89. The minimum absolute atomic E-state index is 0. The summed E-state index contributed by atoms with van der Waals surface area (Å²) in [5, 5.41) is 11.2. The molecule has 1 aliphatic carbocycles. The molecule has 4 aromatic carbocycles. The summed E-state index contributed by atoms with van der Waals surface area (Å²) in [6.45, 7) is 6.26. The monoisotopic (exact) mass is 724 g/mol. The molecule has 0 saturated heterocycles. The van der Waals surface area contributed by atoms with Gasteiger partial charge in [0.15, 0.2) is 0 Å². The molecule has 1 aliphatic heterocycles. The number of nitrogens with zero attached hydrogens (tertiary/aromatic N) is 2. The molecule has 2 heterocycles. The van der Waals surface area contributed by atoms with Crippen molar-refractivity contribution < 1.29 is 40.0 Å². The number of ether oxygens (including phenoxy) is 2. The first-order valence-electron chi connectivity index (χ1n) is 13.2. The van der Waals surface area contributed by atoms with Crippen molar-refractivity contribution >= 4 is 16.8 Å². The molecule has 0 radical (unpaired) electrons. The third kappa shape index (κ3) is 4.60. The van der Waals surface area contributed by atoms with Crippen LogP contribution in [0.3, 0.4) is 0 Å². The zero-order chi connectivity index (χ0) is 27.6. The van der Waals surface area contributed by atoms with Gasteiger partial charge in [0.05, 0.1) is 0 Å². The Balaban J connectivity index is 0.00000302. The Kier molecular flexibility index (Phi) is 6.70. The number of aliphatic imine (C=N–C) groups is 1. The Bertz CT molecular complexity index is 1850. The van der Waals surface area contributed by atoms with E-state index in [9.17, 15) is 9.50 Å². The van der Waals surface area contributed by atoms with E-state index in [0.29, 0.717) is 33.9 Å². The molecule has 1 N–H and O–H groups in total. The van der Waals surface area contributed by atoms with Crippen LogP contribution in [-0.4, -0.2) is 22.1 Å². The van der Waals surface area contributed by atoms with E-state index in [1.54, 1.807) is 36.4 Å². The number of fused-ring (bicyclic) bond motifs is 4. The normalized spacial score (nSPS) is 18.2. The van der Waals surface area contributed by atoms with E-state index < -0.39 is 0 Å².